The van der Waals surface area contributed by atoms with E-state index in [9.17, 15) is 4.79 Å². The summed E-state index contributed by atoms with van der Waals surface area (Å²) >= 11 is 0. The van der Waals surface area contributed by atoms with Crippen LogP contribution in [0.4, 0.5) is 0 Å². The summed E-state index contributed by atoms with van der Waals surface area (Å²) in [7, 11) is 1.86. The lowest BCUT2D eigenvalue weighted by Gasteiger charge is -2.42. The van der Waals surface area contributed by atoms with Crippen LogP contribution in [0.25, 0.3) is 0 Å². The van der Waals surface area contributed by atoms with Crippen LogP contribution in [0.1, 0.15) is 6.92 Å². The van der Waals surface area contributed by atoms with Gasteiger partial charge in [0.15, 0.2) is 0 Å². The summed E-state index contributed by atoms with van der Waals surface area (Å²) in [4.78, 5) is 15.5. The van der Waals surface area contributed by atoms with Crippen molar-refractivity contribution in [3.05, 3.63) is 12.7 Å². The Hall–Kier alpha value is -0.870. The van der Waals surface area contributed by atoms with Crippen molar-refractivity contribution in [3.8, 4) is 0 Å². The summed E-state index contributed by atoms with van der Waals surface area (Å²) in [5.41, 5.74) is 0. The number of nitrogens with zero attached hydrogens (tertiary/aromatic N) is 2. The van der Waals surface area contributed by atoms with Crippen molar-refractivity contribution in [2.24, 2.45) is 0 Å². The Morgan fingerprint density at radius 2 is 2.36 bits per heavy atom. The molecule has 1 saturated heterocycles. The topological polar surface area (TPSA) is 43.8 Å². The van der Waals surface area contributed by atoms with E-state index in [0.29, 0.717) is 6.54 Å². The Morgan fingerprint density at radius 1 is 1.71 bits per heavy atom. The molecule has 1 rings (SSSR count). The molecule has 1 N–H and O–H groups in total. The van der Waals surface area contributed by atoms with E-state index < -0.39 is 0 Å². The number of carbonyl (C=O) groups excluding carboxylic acids is 1. The lowest BCUT2D eigenvalue weighted by atomic mass is 10.1. The normalized spacial score (nSPS) is 29.4. The fraction of sp³-hybridized carbons (Fsp3) is 0.700. The minimum atomic E-state index is -0.383. The summed E-state index contributed by atoms with van der Waals surface area (Å²) in [6, 6.07) is -0.195. The van der Waals surface area contributed by atoms with Crippen LogP contribution in [-0.2, 0) is 4.79 Å². The first-order valence-electron chi connectivity index (χ1n) is 4.84. The quantitative estimate of drug-likeness (QED) is 0.633. The first kappa shape index (κ1) is 11.2. The highest BCUT2D eigenvalue weighted by Gasteiger charge is 2.35. The molecule has 4 nitrogen and oxygen atoms in total. The minimum absolute atomic E-state index is 0.00588. The third-order valence-corrected chi connectivity index (χ3v) is 2.68. The second-order valence-corrected chi connectivity index (χ2v) is 3.77. The Labute approximate surface area is 84.8 Å². The Bertz CT molecular complexity index is 230. The van der Waals surface area contributed by atoms with Crippen molar-refractivity contribution in [2.75, 3.05) is 26.7 Å². The van der Waals surface area contributed by atoms with Crippen molar-refractivity contribution >= 4 is 5.91 Å². The molecule has 80 valence electrons. The molecule has 1 heterocycles. The molecule has 1 amide bonds. The number of piperazine rings is 1. The number of hydrogen-bond acceptors (Lipinski definition) is 3. The molecule has 0 bridgehead atoms. The number of carbonyl (C=O) groups is 1. The second-order valence-electron chi connectivity index (χ2n) is 3.77. The Morgan fingerprint density at radius 3 is 2.86 bits per heavy atom. The van der Waals surface area contributed by atoms with Crippen molar-refractivity contribution in [2.45, 2.75) is 19.0 Å². The van der Waals surface area contributed by atoms with Crippen molar-refractivity contribution in [1.82, 2.24) is 9.80 Å². The SMILES string of the molecule is C=CCN1C(=O)C(CO)N(C)CC1C. The fourth-order valence-electron chi connectivity index (χ4n) is 1.87. The Balaban J connectivity index is 2.76. The largest absolute Gasteiger partial charge is 0.394 e. The second kappa shape index (κ2) is 4.57. The molecule has 0 aliphatic carbocycles. The van der Waals surface area contributed by atoms with Gasteiger partial charge in [-0.1, -0.05) is 6.08 Å². The molecule has 0 aromatic heterocycles. The average Bonchev–Trinajstić information content (AvgIpc) is 2.12. The summed E-state index contributed by atoms with van der Waals surface area (Å²) < 4.78 is 0. The van der Waals surface area contributed by atoms with E-state index >= 15 is 0 Å². The van der Waals surface area contributed by atoms with Crippen molar-refractivity contribution < 1.29 is 9.90 Å². The van der Waals surface area contributed by atoms with E-state index in [1.807, 2.05) is 18.9 Å². The molecular formula is C10H18N2O2. The van der Waals surface area contributed by atoms with Gasteiger partial charge in [-0.2, -0.15) is 0 Å². The van der Waals surface area contributed by atoms with Gasteiger partial charge in [-0.15, -0.1) is 6.58 Å². The van der Waals surface area contributed by atoms with E-state index in [2.05, 4.69) is 6.58 Å². The van der Waals surface area contributed by atoms with E-state index in [1.54, 1.807) is 11.0 Å². The van der Waals surface area contributed by atoms with E-state index in [4.69, 9.17) is 5.11 Å². The lowest BCUT2D eigenvalue weighted by molar-refractivity contribution is -0.145. The van der Waals surface area contributed by atoms with E-state index in [-0.39, 0.29) is 24.6 Å². The van der Waals surface area contributed by atoms with Gasteiger partial charge < -0.3 is 10.0 Å². The van der Waals surface area contributed by atoms with Gasteiger partial charge >= 0.3 is 0 Å². The molecule has 4 heteroatoms. The standard InChI is InChI=1S/C10H18N2O2/c1-4-5-12-8(2)6-11(3)9(7-13)10(12)14/h4,8-9,13H,1,5-7H2,2-3H3. The summed E-state index contributed by atoms with van der Waals surface area (Å²) in [5, 5.41) is 9.09. The highest BCUT2D eigenvalue weighted by molar-refractivity contribution is 5.83. The van der Waals surface area contributed by atoms with Gasteiger partial charge in [0.1, 0.15) is 6.04 Å². The third-order valence-electron chi connectivity index (χ3n) is 2.68. The number of aliphatic hydroxyl groups excluding tert-OH is 1. The molecule has 2 unspecified atom stereocenters. The van der Waals surface area contributed by atoms with Crippen LogP contribution in [0.3, 0.4) is 0 Å². The molecule has 14 heavy (non-hydrogen) atoms. The van der Waals surface area contributed by atoms with Gasteiger partial charge in [-0.3, -0.25) is 9.69 Å². The van der Waals surface area contributed by atoms with Crippen molar-refractivity contribution in [3.63, 3.8) is 0 Å². The van der Waals surface area contributed by atoms with Crippen LogP contribution < -0.4 is 0 Å². The first-order valence-corrected chi connectivity index (χ1v) is 4.84. The number of amides is 1. The third kappa shape index (κ3) is 1.96. The zero-order chi connectivity index (χ0) is 10.7. The van der Waals surface area contributed by atoms with Gasteiger partial charge in [0.05, 0.1) is 6.61 Å². The van der Waals surface area contributed by atoms with Crippen LogP contribution in [-0.4, -0.2) is 59.6 Å². The fourth-order valence-corrected chi connectivity index (χ4v) is 1.87. The summed E-state index contributed by atoms with van der Waals surface area (Å²) in [5.74, 6) is -0.00588. The average molecular weight is 198 g/mol. The van der Waals surface area contributed by atoms with Gasteiger partial charge in [0, 0.05) is 19.1 Å². The zero-order valence-electron chi connectivity index (χ0n) is 8.81. The number of rotatable bonds is 3. The monoisotopic (exact) mass is 198 g/mol. The molecule has 0 aromatic rings. The number of likely N-dealkylation sites (N-methyl/N-ethyl adjacent to an activating group) is 1. The van der Waals surface area contributed by atoms with Crippen LogP contribution >= 0.6 is 0 Å². The van der Waals surface area contributed by atoms with Gasteiger partial charge in [0.2, 0.25) is 5.91 Å². The smallest absolute Gasteiger partial charge is 0.242 e. The predicted octanol–water partition coefficient (Wildman–Crippen LogP) is -0.304. The molecular weight excluding hydrogens is 180 g/mol. The van der Waals surface area contributed by atoms with Crippen molar-refractivity contribution in [1.29, 1.82) is 0 Å². The molecule has 0 radical (unpaired) electrons. The molecule has 0 aromatic carbocycles. The van der Waals surface area contributed by atoms with Gasteiger partial charge in [-0.05, 0) is 14.0 Å². The summed E-state index contributed by atoms with van der Waals surface area (Å²) in [6.07, 6.45) is 1.72. The van der Waals surface area contributed by atoms with Gasteiger partial charge in [0.25, 0.3) is 0 Å². The van der Waals surface area contributed by atoms with Crippen LogP contribution in [0.2, 0.25) is 0 Å². The van der Waals surface area contributed by atoms with Gasteiger partial charge in [-0.25, -0.2) is 0 Å². The van der Waals surface area contributed by atoms with Crippen LogP contribution in [0.5, 0.6) is 0 Å². The summed E-state index contributed by atoms with van der Waals surface area (Å²) in [6.45, 7) is 6.87. The lowest BCUT2D eigenvalue weighted by Crippen LogP contribution is -2.60. The number of hydrogen-bond donors (Lipinski definition) is 1. The molecule has 1 aliphatic rings. The zero-order valence-corrected chi connectivity index (χ0v) is 8.81. The number of aliphatic hydroxyl groups is 1. The van der Waals surface area contributed by atoms with E-state index in [0.717, 1.165) is 6.54 Å². The maximum absolute atomic E-state index is 11.8. The maximum atomic E-state index is 11.8. The minimum Gasteiger partial charge on any atom is -0.394 e. The Kier molecular flexibility index (Phi) is 3.66. The predicted molar refractivity (Wildman–Crippen MR) is 54.9 cm³/mol. The van der Waals surface area contributed by atoms with E-state index in [1.165, 1.54) is 0 Å². The molecule has 0 saturated carbocycles. The molecule has 1 aliphatic heterocycles. The maximum Gasteiger partial charge on any atom is 0.242 e. The molecule has 1 fully saturated rings. The molecule has 0 spiro atoms. The highest BCUT2D eigenvalue weighted by Crippen LogP contribution is 2.14. The molecule has 2 atom stereocenters. The van der Waals surface area contributed by atoms with Crippen LogP contribution in [0.15, 0.2) is 12.7 Å². The van der Waals surface area contributed by atoms with Crippen LogP contribution in [0, 0.1) is 0 Å². The highest BCUT2D eigenvalue weighted by atomic mass is 16.3. The first-order chi connectivity index (χ1) is 6.61.